The van der Waals surface area contributed by atoms with Crippen LogP contribution in [0.4, 0.5) is 5.69 Å². The van der Waals surface area contributed by atoms with Crippen LogP contribution >= 0.6 is 11.3 Å². The fourth-order valence-electron chi connectivity index (χ4n) is 2.05. The lowest BCUT2D eigenvalue weighted by Gasteiger charge is -2.04. The number of imidazole rings is 1. The van der Waals surface area contributed by atoms with Crippen LogP contribution in [0.25, 0.3) is 10.2 Å². The first-order valence-electron chi connectivity index (χ1n) is 6.41. The third kappa shape index (κ3) is 2.57. The summed E-state index contributed by atoms with van der Waals surface area (Å²) in [7, 11) is 1.92. The Balaban J connectivity index is 1.70. The zero-order valence-electron chi connectivity index (χ0n) is 11.4. The maximum Gasteiger partial charge on any atom is 0.263 e. The maximum atomic E-state index is 12.2. The van der Waals surface area contributed by atoms with E-state index < -0.39 is 0 Å². The van der Waals surface area contributed by atoms with Crippen molar-refractivity contribution in [1.82, 2.24) is 25.1 Å². The molecule has 0 aromatic carbocycles. The Hall–Kier alpha value is -2.48. The van der Waals surface area contributed by atoms with E-state index in [9.17, 15) is 4.79 Å². The van der Waals surface area contributed by atoms with Gasteiger partial charge in [0.15, 0.2) is 0 Å². The van der Waals surface area contributed by atoms with Crippen LogP contribution in [0, 0.1) is 0 Å². The van der Waals surface area contributed by atoms with Gasteiger partial charge < -0.3 is 15.6 Å². The molecule has 8 heteroatoms. The summed E-state index contributed by atoms with van der Waals surface area (Å²) in [5, 5.41) is 11.4. The topological polar surface area (TPSA) is 98.7 Å². The molecule has 0 radical (unpaired) electrons. The van der Waals surface area contributed by atoms with Crippen LogP contribution in [0.5, 0.6) is 0 Å². The molecule has 3 heterocycles. The lowest BCUT2D eigenvalue weighted by atomic mass is 10.3. The van der Waals surface area contributed by atoms with Gasteiger partial charge in [-0.3, -0.25) is 4.79 Å². The zero-order chi connectivity index (χ0) is 14.8. The molecular weight excluding hydrogens is 288 g/mol. The van der Waals surface area contributed by atoms with E-state index in [1.165, 1.54) is 11.3 Å². The van der Waals surface area contributed by atoms with Crippen molar-refractivity contribution in [3.05, 3.63) is 35.4 Å². The van der Waals surface area contributed by atoms with Gasteiger partial charge >= 0.3 is 0 Å². The lowest BCUT2D eigenvalue weighted by molar-refractivity contribution is 0.0959. The van der Waals surface area contributed by atoms with Crippen molar-refractivity contribution in [3.8, 4) is 0 Å². The number of hydrogen-bond acceptors (Lipinski definition) is 6. The standard InChI is InChI=1S/C13H14N6OS/c1-19-7-6-15-9(19)3-4-16-12(20)11-10(14)8-2-5-17-18-13(8)21-11/h2,5-7H,3-4,14H2,1H3,(H,16,20). The van der Waals surface area contributed by atoms with Gasteiger partial charge in [-0.2, -0.15) is 5.10 Å². The SMILES string of the molecule is Cn1ccnc1CCNC(=O)c1sc2nnccc2c1N. The first kappa shape index (κ1) is 13.5. The number of rotatable bonds is 4. The maximum absolute atomic E-state index is 12.2. The molecule has 7 nitrogen and oxygen atoms in total. The molecule has 0 unspecified atom stereocenters. The van der Waals surface area contributed by atoms with Crippen molar-refractivity contribution >= 4 is 33.1 Å². The van der Waals surface area contributed by atoms with Gasteiger partial charge in [0, 0.05) is 37.8 Å². The van der Waals surface area contributed by atoms with Crippen LogP contribution in [0.15, 0.2) is 24.7 Å². The van der Waals surface area contributed by atoms with E-state index in [-0.39, 0.29) is 5.91 Å². The Morgan fingerprint density at radius 2 is 2.33 bits per heavy atom. The number of nitrogens with two attached hydrogens (primary N) is 1. The smallest absolute Gasteiger partial charge is 0.263 e. The fraction of sp³-hybridized carbons (Fsp3) is 0.231. The van der Waals surface area contributed by atoms with Crippen LogP contribution in [0.2, 0.25) is 0 Å². The zero-order valence-corrected chi connectivity index (χ0v) is 12.2. The van der Waals surface area contributed by atoms with Crippen molar-refractivity contribution in [2.75, 3.05) is 12.3 Å². The fourth-order valence-corrected chi connectivity index (χ4v) is 3.00. The van der Waals surface area contributed by atoms with Crippen molar-refractivity contribution in [3.63, 3.8) is 0 Å². The predicted molar refractivity (Wildman–Crippen MR) is 81.1 cm³/mol. The monoisotopic (exact) mass is 302 g/mol. The Morgan fingerprint density at radius 3 is 3.05 bits per heavy atom. The van der Waals surface area contributed by atoms with Gasteiger partial charge in [0.05, 0.1) is 11.9 Å². The second-order valence-electron chi connectivity index (χ2n) is 4.56. The second kappa shape index (κ2) is 5.49. The normalized spacial score (nSPS) is 10.9. The van der Waals surface area contributed by atoms with E-state index in [0.717, 1.165) is 11.2 Å². The molecule has 3 rings (SSSR count). The van der Waals surface area contributed by atoms with E-state index in [1.54, 1.807) is 18.5 Å². The van der Waals surface area contributed by atoms with Gasteiger partial charge in [0.1, 0.15) is 15.5 Å². The number of nitrogen functional groups attached to an aromatic ring is 1. The Labute approximate surface area is 124 Å². The number of aryl methyl sites for hydroxylation is 1. The molecule has 0 atom stereocenters. The van der Waals surface area contributed by atoms with Gasteiger partial charge in [0.2, 0.25) is 0 Å². The predicted octanol–water partition coefficient (Wildman–Crippen LogP) is 0.980. The van der Waals surface area contributed by atoms with E-state index in [1.807, 2.05) is 17.8 Å². The van der Waals surface area contributed by atoms with Crippen LogP contribution in [0.3, 0.4) is 0 Å². The minimum atomic E-state index is -0.190. The van der Waals surface area contributed by atoms with Crippen molar-refractivity contribution in [2.45, 2.75) is 6.42 Å². The molecular formula is C13H14N6OS. The molecule has 0 saturated heterocycles. The number of carbonyl (C=O) groups is 1. The minimum Gasteiger partial charge on any atom is -0.397 e. The van der Waals surface area contributed by atoms with E-state index >= 15 is 0 Å². The summed E-state index contributed by atoms with van der Waals surface area (Å²) in [6.45, 7) is 0.503. The van der Waals surface area contributed by atoms with Gasteiger partial charge in [-0.25, -0.2) is 4.98 Å². The summed E-state index contributed by atoms with van der Waals surface area (Å²) in [5.74, 6) is 0.732. The number of amides is 1. The van der Waals surface area contributed by atoms with Crippen LogP contribution in [-0.4, -0.2) is 32.2 Å². The number of fused-ring (bicyclic) bond motifs is 1. The average molecular weight is 302 g/mol. The number of nitrogens with zero attached hydrogens (tertiary/aromatic N) is 4. The third-order valence-corrected chi connectivity index (χ3v) is 4.29. The summed E-state index contributed by atoms with van der Waals surface area (Å²) in [5.41, 5.74) is 6.45. The molecule has 0 saturated carbocycles. The quantitative estimate of drug-likeness (QED) is 0.748. The molecule has 3 N–H and O–H groups in total. The second-order valence-corrected chi connectivity index (χ2v) is 5.55. The first-order valence-corrected chi connectivity index (χ1v) is 7.22. The third-order valence-electron chi connectivity index (χ3n) is 3.18. The first-order chi connectivity index (χ1) is 10.2. The molecule has 108 valence electrons. The molecule has 0 fully saturated rings. The van der Waals surface area contributed by atoms with Gasteiger partial charge in [0.25, 0.3) is 5.91 Å². The van der Waals surface area contributed by atoms with Crippen molar-refractivity contribution < 1.29 is 4.79 Å². The van der Waals surface area contributed by atoms with Crippen LogP contribution < -0.4 is 11.1 Å². The minimum absolute atomic E-state index is 0.190. The molecule has 0 spiro atoms. The van der Waals surface area contributed by atoms with Gasteiger partial charge in [-0.15, -0.1) is 16.4 Å². The lowest BCUT2D eigenvalue weighted by Crippen LogP contribution is -2.26. The van der Waals surface area contributed by atoms with E-state index in [2.05, 4.69) is 20.5 Å². The highest BCUT2D eigenvalue weighted by atomic mass is 32.1. The number of anilines is 1. The van der Waals surface area contributed by atoms with Crippen molar-refractivity contribution in [1.29, 1.82) is 0 Å². The Morgan fingerprint density at radius 1 is 1.48 bits per heavy atom. The summed E-state index contributed by atoms with van der Waals surface area (Å²) in [6.07, 6.45) is 5.84. The summed E-state index contributed by atoms with van der Waals surface area (Å²) >= 11 is 1.25. The van der Waals surface area contributed by atoms with Crippen molar-refractivity contribution in [2.24, 2.45) is 7.05 Å². The van der Waals surface area contributed by atoms with Gasteiger partial charge in [-0.1, -0.05) is 0 Å². The molecule has 1 amide bonds. The average Bonchev–Trinajstić information content (AvgIpc) is 3.04. The molecule has 0 aliphatic heterocycles. The highest BCUT2D eigenvalue weighted by Gasteiger charge is 2.16. The molecule has 0 aliphatic rings. The Bertz CT molecular complexity index is 793. The molecule has 3 aromatic rings. The molecule has 0 aliphatic carbocycles. The molecule has 3 aromatic heterocycles. The summed E-state index contributed by atoms with van der Waals surface area (Å²) in [4.78, 5) is 17.5. The number of nitrogens with one attached hydrogen (secondary N) is 1. The van der Waals surface area contributed by atoms with Crippen LogP contribution in [0.1, 0.15) is 15.5 Å². The van der Waals surface area contributed by atoms with E-state index in [4.69, 9.17) is 5.73 Å². The number of hydrogen-bond donors (Lipinski definition) is 2. The Kier molecular flexibility index (Phi) is 3.53. The molecule has 0 bridgehead atoms. The van der Waals surface area contributed by atoms with E-state index in [0.29, 0.717) is 28.4 Å². The highest BCUT2D eigenvalue weighted by molar-refractivity contribution is 7.21. The number of carbonyl (C=O) groups excluding carboxylic acids is 1. The number of thiophene rings is 1. The summed E-state index contributed by atoms with van der Waals surface area (Å²) in [6, 6.07) is 1.76. The summed E-state index contributed by atoms with van der Waals surface area (Å²) < 4.78 is 1.93. The number of aromatic nitrogens is 4. The highest BCUT2D eigenvalue weighted by Crippen LogP contribution is 2.31. The van der Waals surface area contributed by atoms with Crippen LogP contribution in [-0.2, 0) is 13.5 Å². The van der Waals surface area contributed by atoms with Gasteiger partial charge in [-0.05, 0) is 6.07 Å². The molecule has 21 heavy (non-hydrogen) atoms. The largest absolute Gasteiger partial charge is 0.397 e.